The summed E-state index contributed by atoms with van der Waals surface area (Å²) in [5.74, 6) is 2.35. The van der Waals surface area contributed by atoms with Gasteiger partial charge in [-0.05, 0) is 18.2 Å². The van der Waals surface area contributed by atoms with E-state index in [0.29, 0.717) is 5.82 Å². The van der Waals surface area contributed by atoms with Gasteiger partial charge in [0.1, 0.15) is 23.4 Å². The SMILES string of the molecule is Nc1ccnn1C1c2ccccc2Oc2ccccc21. The molecule has 0 radical (unpaired) electrons. The number of fused-ring (bicyclic) bond motifs is 2. The third-order valence-electron chi connectivity index (χ3n) is 3.59. The molecule has 2 heterocycles. The maximum Gasteiger partial charge on any atom is 0.133 e. The molecule has 2 N–H and O–H groups in total. The molecule has 0 amide bonds. The highest BCUT2D eigenvalue weighted by molar-refractivity contribution is 5.54. The van der Waals surface area contributed by atoms with Crippen LogP contribution in [-0.4, -0.2) is 9.78 Å². The van der Waals surface area contributed by atoms with Gasteiger partial charge in [-0.15, -0.1) is 0 Å². The topological polar surface area (TPSA) is 53.1 Å². The van der Waals surface area contributed by atoms with Crippen LogP contribution >= 0.6 is 0 Å². The number of nitrogens with two attached hydrogens (primary N) is 1. The van der Waals surface area contributed by atoms with E-state index in [9.17, 15) is 0 Å². The van der Waals surface area contributed by atoms with Crippen LogP contribution in [-0.2, 0) is 0 Å². The molecule has 4 nitrogen and oxygen atoms in total. The van der Waals surface area contributed by atoms with Crippen molar-refractivity contribution >= 4 is 5.82 Å². The monoisotopic (exact) mass is 263 g/mol. The van der Waals surface area contributed by atoms with E-state index in [1.54, 1.807) is 12.3 Å². The van der Waals surface area contributed by atoms with E-state index >= 15 is 0 Å². The largest absolute Gasteiger partial charge is 0.457 e. The van der Waals surface area contributed by atoms with Gasteiger partial charge in [-0.3, -0.25) is 0 Å². The smallest absolute Gasteiger partial charge is 0.133 e. The summed E-state index contributed by atoms with van der Waals surface area (Å²) in [6.07, 6.45) is 1.72. The summed E-state index contributed by atoms with van der Waals surface area (Å²) in [6, 6.07) is 17.7. The molecule has 1 aliphatic rings. The summed E-state index contributed by atoms with van der Waals surface area (Å²) in [5.41, 5.74) is 8.19. The molecule has 0 bridgehead atoms. The molecule has 4 rings (SSSR count). The predicted molar refractivity (Wildman–Crippen MR) is 76.8 cm³/mol. The fourth-order valence-corrected chi connectivity index (χ4v) is 2.69. The Morgan fingerprint density at radius 3 is 2.05 bits per heavy atom. The van der Waals surface area contributed by atoms with Crippen LogP contribution in [0.2, 0.25) is 0 Å². The van der Waals surface area contributed by atoms with E-state index in [0.717, 1.165) is 22.6 Å². The number of rotatable bonds is 1. The molecule has 3 aromatic rings. The third kappa shape index (κ3) is 1.51. The minimum Gasteiger partial charge on any atom is -0.457 e. The zero-order valence-corrected chi connectivity index (χ0v) is 10.7. The number of nitrogen functional groups attached to an aromatic ring is 1. The number of para-hydroxylation sites is 2. The van der Waals surface area contributed by atoms with Crippen molar-refractivity contribution < 1.29 is 4.74 Å². The normalized spacial score (nSPS) is 13.4. The van der Waals surface area contributed by atoms with Gasteiger partial charge in [-0.2, -0.15) is 5.10 Å². The van der Waals surface area contributed by atoms with Gasteiger partial charge in [-0.1, -0.05) is 36.4 Å². The average molecular weight is 263 g/mol. The summed E-state index contributed by atoms with van der Waals surface area (Å²) in [4.78, 5) is 0. The zero-order chi connectivity index (χ0) is 13.5. The second-order valence-corrected chi connectivity index (χ2v) is 4.78. The Labute approximate surface area is 116 Å². The summed E-state index contributed by atoms with van der Waals surface area (Å²) < 4.78 is 7.80. The molecule has 98 valence electrons. The van der Waals surface area contributed by atoms with Crippen LogP contribution in [0, 0.1) is 0 Å². The Bertz CT molecular complexity index is 733. The molecular formula is C16H13N3O. The molecule has 1 aliphatic heterocycles. The third-order valence-corrected chi connectivity index (χ3v) is 3.59. The standard InChI is InChI=1S/C16H13N3O/c17-15-9-10-18-19(15)16-11-5-1-3-7-13(11)20-14-8-4-2-6-12(14)16/h1-10,16H,17H2. The van der Waals surface area contributed by atoms with Gasteiger partial charge in [-0.25, -0.2) is 4.68 Å². The second kappa shape index (κ2) is 4.13. The van der Waals surface area contributed by atoms with Crippen LogP contribution in [0.4, 0.5) is 5.82 Å². The summed E-state index contributed by atoms with van der Waals surface area (Å²) >= 11 is 0. The molecule has 0 saturated carbocycles. The van der Waals surface area contributed by atoms with Crippen LogP contribution in [0.5, 0.6) is 11.5 Å². The Balaban J connectivity index is 2.00. The molecule has 2 aromatic carbocycles. The summed E-state index contributed by atoms with van der Waals surface area (Å²) in [6.45, 7) is 0. The van der Waals surface area contributed by atoms with Gasteiger partial charge in [0.25, 0.3) is 0 Å². The zero-order valence-electron chi connectivity index (χ0n) is 10.7. The fourth-order valence-electron chi connectivity index (χ4n) is 2.69. The van der Waals surface area contributed by atoms with Crippen molar-refractivity contribution in [3.8, 4) is 11.5 Å². The van der Waals surface area contributed by atoms with Gasteiger partial charge >= 0.3 is 0 Å². The van der Waals surface area contributed by atoms with Gasteiger partial charge in [0, 0.05) is 11.1 Å². The Kier molecular flexibility index (Phi) is 2.29. The van der Waals surface area contributed by atoms with Gasteiger partial charge in [0.2, 0.25) is 0 Å². The molecule has 20 heavy (non-hydrogen) atoms. The molecule has 0 saturated heterocycles. The minimum absolute atomic E-state index is 0.0499. The molecule has 1 aromatic heterocycles. The van der Waals surface area contributed by atoms with Crippen LogP contribution in [0.15, 0.2) is 60.8 Å². The lowest BCUT2D eigenvalue weighted by molar-refractivity contribution is 0.426. The van der Waals surface area contributed by atoms with Crippen molar-refractivity contribution in [1.29, 1.82) is 0 Å². The second-order valence-electron chi connectivity index (χ2n) is 4.78. The highest BCUT2D eigenvalue weighted by Gasteiger charge is 2.29. The van der Waals surface area contributed by atoms with E-state index in [4.69, 9.17) is 10.5 Å². The van der Waals surface area contributed by atoms with Crippen LogP contribution in [0.3, 0.4) is 0 Å². The van der Waals surface area contributed by atoms with E-state index in [1.165, 1.54) is 0 Å². The quantitative estimate of drug-likeness (QED) is 0.573. The first kappa shape index (κ1) is 11.1. The maximum absolute atomic E-state index is 6.05. The predicted octanol–water partition coefficient (Wildman–Crippen LogP) is 3.21. The Morgan fingerprint density at radius 2 is 1.50 bits per heavy atom. The molecular weight excluding hydrogens is 250 g/mol. The molecule has 0 atom stereocenters. The highest BCUT2D eigenvalue weighted by Crippen LogP contribution is 2.44. The van der Waals surface area contributed by atoms with E-state index in [-0.39, 0.29) is 6.04 Å². The number of nitrogens with zero attached hydrogens (tertiary/aromatic N) is 2. The number of aromatic nitrogens is 2. The lowest BCUT2D eigenvalue weighted by Crippen LogP contribution is -2.20. The Morgan fingerprint density at radius 1 is 0.900 bits per heavy atom. The molecule has 4 heteroatoms. The first-order valence-corrected chi connectivity index (χ1v) is 6.49. The van der Waals surface area contributed by atoms with Crippen molar-refractivity contribution in [2.24, 2.45) is 0 Å². The fraction of sp³-hybridized carbons (Fsp3) is 0.0625. The lowest BCUT2D eigenvalue weighted by Gasteiger charge is -2.28. The molecule has 0 fully saturated rings. The van der Waals surface area contributed by atoms with Gasteiger partial charge < -0.3 is 10.5 Å². The van der Waals surface area contributed by atoms with Crippen LogP contribution in [0.1, 0.15) is 17.2 Å². The van der Waals surface area contributed by atoms with Gasteiger partial charge in [0.15, 0.2) is 0 Å². The molecule has 0 spiro atoms. The van der Waals surface area contributed by atoms with Crippen molar-refractivity contribution in [3.63, 3.8) is 0 Å². The van der Waals surface area contributed by atoms with Crippen molar-refractivity contribution in [2.45, 2.75) is 6.04 Å². The number of hydrogen-bond acceptors (Lipinski definition) is 3. The van der Waals surface area contributed by atoms with Crippen molar-refractivity contribution in [3.05, 3.63) is 71.9 Å². The van der Waals surface area contributed by atoms with Crippen molar-refractivity contribution in [2.75, 3.05) is 5.73 Å². The van der Waals surface area contributed by atoms with Crippen molar-refractivity contribution in [1.82, 2.24) is 9.78 Å². The highest BCUT2D eigenvalue weighted by atomic mass is 16.5. The maximum atomic E-state index is 6.05. The van der Waals surface area contributed by atoms with E-state index in [1.807, 2.05) is 41.1 Å². The van der Waals surface area contributed by atoms with Crippen LogP contribution < -0.4 is 10.5 Å². The first-order chi connectivity index (χ1) is 9.84. The van der Waals surface area contributed by atoms with Crippen LogP contribution in [0.25, 0.3) is 0 Å². The molecule has 0 aliphatic carbocycles. The first-order valence-electron chi connectivity index (χ1n) is 6.49. The number of hydrogen-bond donors (Lipinski definition) is 1. The molecule has 0 unspecified atom stereocenters. The average Bonchev–Trinajstić information content (AvgIpc) is 2.90. The van der Waals surface area contributed by atoms with E-state index in [2.05, 4.69) is 17.2 Å². The van der Waals surface area contributed by atoms with Gasteiger partial charge in [0.05, 0.1) is 6.20 Å². The number of anilines is 1. The Hall–Kier alpha value is -2.75. The summed E-state index contributed by atoms with van der Waals surface area (Å²) in [7, 11) is 0. The lowest BCUT2D eigenvalue weighted by atomic mass is 9.95. The minimum atomic E-state index is -0.0499. The van der Waals surface area contributed by atoms with E-state index < -0.39 is 0 Å². The number of ether oxygens (including phenoxy) is 1. The summed E-state index contributed by atoms with van der Waals surface area (Å²) in [5, 5.41) is 4.37. The number of benzene rings is 2.